The van der Waals surface area contributed by atoms with Gasteiger partial charge in [0.05, 0.1) is 5.82 Å². The van der Waals surface area contributed by atoms with Crippen LogP contribution in [0.2, 0.25) is 5.02 Å². The zero-order chi connectivity index (χ0) is 20.4. The van der Waals surface area contributed by atoms with E-state index in [1.165, 1.54) is 63.5 Å². The maximum absolute atomic E-state index is 6.16. The van der Waals surface area contributed by atoms with Gasteiger partial charge in [0.2, 0.25) is 0 Å². The lowest BCUT2D eigenvalue weighted by Crippen LogP contribution is -2.64. The molecule has 0 bridgehead atoms. The second-order valence-corrected chi connectivity index (χ2v) is 10.3. The van der Waals surface area contributed by atoms with Crippen LogP contribution in [-0.2, 0) is 0 Å². The Labute approximate surface area is 182 Å². The van der Waals surface area contributed by atoms with Gasteiger partial charge in [-0.25, -0.2) is 0 Å². The summed E-state index contributed by atoms with van der Waals surface area (Å²) in [6.07, 6.45) is 10.6. The van der Waals surface area contributed by atoms with E-state index >= 15 is 0 Å². The molecule has 0 amide bonds. The zero-order valence-corrected chi connectivity index (χ0v) is 19.1. The average molecular weight is 416 g/mol. The molecule has 4 heteroatoms. The SMILES string of the molecule is C=C(NC1CCCCCC1)N1CCC2(CC1)CN(C(C)C)C2c1ccc(Cl)cc1. The maximum Gasteiger partial charge on any atom is 0.0940 e. The predicted molar refractivity (Wildman–Crippen MR) is 123 cm³/mol. The topological polar surface area (TPSA) is 18.5 Å². The Kier molecular flexibility index (Phi) is 6.46. The van der Waals surface area contributed by atoms with Gasteiger partial charge in [-0.2, -0.15) is 0 Å². The Balaban J connectivity index is 1.39. The molecule has 29 heavy (non-hydrogen) atoms. The lowest BCUT2D eigenvalue weighted by molar-refractivity contribution is -0.125. The van der Waals surface area contributed by atoms with Crippen LogP contribution in [0.5, 0.6) is 0 Å². The molecule has 1 saturated carbocycles. The highest BCUT2D eigenvalue weighted by Crippen LogP contribution is 2.55. The number of likely N-dealkylation sites (tertiary alicyclic amines) is 2. The van der Waals surface area contributed by atoms with E-state index in [9.17, 15) is 0 Å². The van der Waals surface area contributed by atoms with E-state index in [-0.39, 0.29) is 0 Å². The number of rotatable bonds is 5. The number of halogens is 1. The summed E-state index contributed by atoms with van der Waals surface area (Å²) < 4.78 is 0. The molecule has 1 aromatic rings. The highest BCUT2D eigenvalue weighted by Gasteiger charge is 2.54. The number of hydrogen-bond donors (Lipinski definition) is 1. The van der Waals surface area contributed by atoms with Crippen molar-refractivity contribution in [3.8, 4) is 0 Å². The summed E-state index contributed by atoms with van der Waals surface area (Å²) in [6, 6.07) is 10.3. The molecule has 2 aliphatic heterocycles. The lowest BCUT2D eigenvalue weighted by atomic mass is 9.62. The quantitative estimate of drug-likeness (QED) is 0.597. The molecule has 3 nitrogen and oxygen atoms in total. The molecular formula is C25H38ClN3. The van der Waals surface area contributed by atoms with Gasteiger partial charge in [-0.05, 0) is 57.2 Å². The van der Waals surface area contributed by atoms with Gasteiger partial charge in [0.15, 0.2) is 0 Å². The van der Waals surface area contributed by atoms with Crippen molar-refractivity contribution in [2.45, 2.75) is 83.3 Å². The molecule has 4 rings (SSSR count). The molecule has 0 aromatic heterocycles. The van der Waals surface area contributed by atoms with Crippen LogP contribution in [-0.4, -0.2) is 41.5 Å². The van der Waals surface area contributed by atoms with E-state index < -0.39 is 0 Å². The van der Waals surface area contributed by atoms with Crippen LogP contribution in [0, 0.1) is 5.41 Å². The van der Waals surface area contributed by atoms with Crippen LogP contribution in [0.1, 0.15) is 76.8 Å². The Morgan fingerprint density at radius 2 is 1.69 bits per heavy atom. The molecule has 1 aromatic carbocycles. The van der Waals surface area contributed by atoms with Crippen LogP contribution in [0.4, 0.5) is 0 Å². The second kappa shape index (κ2) is 8.89. The van der Waals surface area contributed by atoms with Gasteiger partial charge >= 0.3 is 0 Å². The highest BCUT2D eigenvalue weighted by molar-refractivity contribution is 6.30. The molecule has 3 fully saturated rings. The molecule has 1 spiro atoms. The van der Waals surface area contributed by atoms with Crippen molar-refractivity contribution in [3.63, 3.8) is 0 Å². The van der Waals surface area contributed by atoms with Crippen molar-refractivity contribution in [3.05, 3.63) is 47.3 Å². The van der Waals surface area contributed by atoms with Gasteiger partial charge in [-0.1, -0.05) is 56.0 Å². The number of piperidine rings is 1. The van der Waals surface area contributed by atoms with E-state index in [0.29, 0.717) is 23.5 Å². The normalized spacial score (nSPS) is 25.7. The fourth-order valence-electron chi connectivity index (χ4n) is 5.86. The molecule has 3 aliphatic rings. The third-order valence-corrected chi connectivity index (χ3v) is 7.88. The van der Waals surface area contributed by atoms with E-state index in [1.807, 2.05) is 0 Å². The van der Waals surface area contributed by atoms with E-state index in [2.05, 4.69) is 59.8 Å². The monoisotopic (exact) mass is 415 g/mol. The minimum atomic E-state index is 0.400. The minimum absolute atomic E-state index is 0.400. The fourth-order valence-corrected chi connectivity index (χ4v) is 5.98. The van der Waals surface area contributed by atoms with Gasteiger partial charge in [-0.15, -0.1) is 0 Å². The summed E-state index contributed by atoms with van der Waals surface area (Å²) in [5.41, 5.74) is 1.83. The fraction of sp³-hybridized carbons (Fsp3) is 0.680. The number of nitrogens with one attached hydrogen (secondary N) is 1. The summed E-state index contributed by atoms with van der Waals surface area (Å²) in [7, 11) is 0. The van der Waals surface area contributed by atoms with Crippen molar-refractivity contribution < 1.29 is 0 Å². The molecule has 2 heterocycles. The predicted octanol–water partition coefficient (Wildman–Crippen LogP) is 5.97. The Morgan fingerprint density at radius 1 is 1.07 bits per heavy atom. The van der Waals surface area contributed by atoms with Crippen LogP contribution in [0.15, 0.2) is 36.7 Å². The molecule has 1 atom stereocenters. The molecule has 2 saturated heterocycles. The molecule has 0 radical (unpaired) electrons. The first-order valence-corrected chi connectivity index (χ1v) is 12.1. The summed E-state index contributed by atoms with van der Waals surface area (Å²) in [5, 5.41) is 4.60. The standard InChI is InChI=1S/C25H38ClN3/c1-19(2)29-18-25(24(29)21-10-12-22(26)13-11-21)14-16-28(17-15-25)20(3)27-23-8-6-4-5-7-9-23/h10-13,19,23-24,27H,3-9,14-18H2,1-2H3. The third kappa shape index (κ3) is 4.46. The molecule has 1 unspecified atom stereocenters. The Bertz CT molecular complexity index is 683. The summed E-state index contributed by atoms with van der Waals surface area (Å²) in [6.45, 7) is 12.5. The molecular weight excluding hydrogens is 378 g/mol. The molecule has 1 aliphatic carbocycles. The molecule has 160 valence electrons. The van der Waals surface area contributed by atoms with Crippen LogP contribution in [0.25, 0.3) is 0 Å². The van der Waals surface area contributed by atoms with Crippen LogP contribution >= 0.6 is 11.6 Å². The van der Waals surface area contributed by atoms with Crippen molar-refractivity contribution >= 4 is 11.6 Å². The Morgan fingerprint density at radius 3 is 2.28 bits per heavy atom. The van der Waals surface area contributed by atoms with Gasteiger partial charge in [0, 0.05) is 48.2 Å². The first-order chi connectivity index (χ1) is 14.0. The molecule has 1 N–H and O–H groups in total. The number of nitrogens with zero attached hydrogens (tertiary/aromatic N) is 2. The first-order valence-electron chi connectivity index (χ1n) is 11.7. The summed E-state index contributed by atoms with van der Waals surface area (Å²) in [4.78, 5) is 5.17. The first kappa shape index (κ1) is 21.1. The largest absolute Gasteiger partial charge is 0.370 e. The van der Waals surface area contributed by atoms with Crippen LogP contribution < -0.4 is 5.32 Å². The second-order valence-electron chi connectivity index (χ2n) is 9.85. The summed E-state index contributed by atoms with van der Waals surface area (Å²) in [5.74, 6) is 1.16. The highest BCUT2D eigenvalue weighted by atomic mass is 35.5. The Hall–Kier alpha value is -1.19. The van der Waals surface area contributed by atoms with Gasteiger partial charge in [-0.3, -0.25) is 4.90 Å². The van der Waals surface area contributed by atoms with Gasteiger partial charge < -0.3 is 10.2 Å². The lowest BCUT2D eigenvalue weighted by Gasteiger charge is -2.62. The van der Waals surface area contributed by atoms with E-state index in [1.54, 1.807) is 0 Å². The summed E-state index contributed by atoms with van der Waals surface area (Å²) >= 11 is 6.16. The van der Waals surface area contributed by atoms with Crippen molar-refractivity contribution in [2.24, 2.45) is 5.41 Å². The smallest absolute Gasteiger partial charge is 0.0940 e. The maximum atomic E-state index is 6.16. The van der Waals surface area contributed by atoms with Crippen molar-refractivity contribution in [1.29, 1.82) is 0 Å². The van der Waals surface area contributed by atoms with Crippen LogP contribution in [0.3, 0.4) is 0 Å². The van der Waals surface area contributed by atoms with Crippen molar-refractivity contribution in [1.82, 2.24) is 15.1 Å². The number of hydrogen-bond acceptors (Lipinski definition) is 3. The average Bonchev–Trinajstić information content (AvgIpc) is 2.97. The third-order valence-electron chi connectivity index (χ3n) is 7.63. The van der Waals surface area contributed by atoms with E-state index in [4.69, 9.17) is 11.6 Å². The minimum Gasteiger partial charge on any atom is -0.370 e. The van der Waals surface area contributed by atoms with Gasteiger partial charge in [0.1, 0.15) is 0 Å². The van der Waals surface area contributed by atoms with E-state index in [0.717, 1.165) is 23.9 Å². The number of benzene rings is 1. The van der Waals surface area contributed by atoms with Crippen molar-refractivity contribution in [2.75, 3.05) is 19.6 Å². The van der Waals surface area contributed by atoms with Gasteiger partial charge in [0.25, 0.3) is 0 Å². The zero-order valence-electron chi connectivity index (χ0n) is 18.3.